The molecule has 2 aromatic carbocycles. The normalized spacial score (nSPS) is 16.4. The molecule has 1 N–H and O–H groups in total. The van der Waals surface area contributed by atoms with Crippen LogP contribution >= 0.6 is 0 Å². The van der Waals surface area contributed by atoms with E-state index in [2.05, 4.69) is 10.3 Å². The van der Waals surface area contributed by atoms with Crippen LogP contribution < -0.4 is 14.8 Å². The number of carbonyl (C=O) groups is 2. The molecule has 8 heteroatoms. The Bertz CT molecular complexity index is 1120. The van der Waals surface area contributed by atoms with E-state index >= 15 is 0 Å². The van der Waals surface area contributed by atoms with Gasteiger partial charge in [0.05, 0.1) is 20.1 Å². The third-order valence-corrected chi connectivity index (χ3v) is 6.21. The zero-order valence-electron chi connectivity index (χ0n) is 19.7. The van der Waals surface area contributed by atoms with E-state index in [9.17, 15) is 9.59 Å². The third-order valence-electron chi connectivity index (χ3n) is 6.21. The van der Waals surface area contributed by atoms with Crippen LogP contribution in [-0.2, 0) is 23.1 Å². The zero-order chi connectivity index (χ0) is 24.1. The molecule has 178 valence electrons. The van der Waals surface area contributed by atoms with Gasteiger partial charge in [-0.15, -0.1) is 0 Å². The van der Waals surface area contributed by atoms with Crippen molar-refractivity contribution < 1.29 is 19.1 Å². The average Bonchev–Trinajstić information content (AvgIpc) is 3.46. The fourth-order valence-electron chi connectivity index (χ4n) is 4.28. The number of imidazole rings is 1. The Morgan fingerprint density at radius 1 is 1.15 bits per heavy atom. The Balaban J connectivity index is 1.50. The van der Waals surface area contributed by atoms with Crippen LogP contribution in [0.5, 0.6) is 11.5 Å². The van der Waals surface area contributed by atoms with Crippen molar-refractivity contribution in [3.8, 4) is 11.5 Å². The second-order valence-corrected chi connectivity index (χ2v) is 8.46. The zero-order valence-corrected chi connectivity index (χ0v) is 19.7. The molecule has 34 heavy (non-hydrogen) atoms. The highest BCUT2D eigenvalue weighted by Gasteiger charge is 2.35. The molecule has 2 atom stereocenters. The number of methoxy groups -OCH3 is 2. The number of likely N-dealkylation sites (tertiary alicyclic amines) is 1. The van der Waals surface area contributed by atoms with Crippen molar-refractivity contribution in [2.75, 3.05) is 27.3 Å². The summed E-state index contributed by atoms with van der Waals surface area (Å²) in [7, 11) is 5.05. The van der Waals surface area contributed by atoms with E-state index in [1.807, 2.05) is 60.3 Å². The van der Waals surface area contributed by atoms with Crippen molar-refractivity contribution in [2.45, 2.75) is 18.9 Å². The van der Waals surface area contributed by atoms with Gasteiger partial charge in [-0.3, -0.25) is 9.59 Å². The summed E-state index contributed by atoms with van der Waals surface area (Å²) in [5.74, 6) is 1.32. The van der Waals surface area contributed by atoms with Crippen molar-refractivity contribution >= 4 is 11.8 Å². The Labute approximate surface area is 199 Å². The highest BCUT2D eigenvalue weighted by molar-refractivity contribution is 5.89. The molecule has 1 aliphatic heterocycles. The highest BCUT2D eigenvalue weighted by Crippen LogP contribution is 2.30. The van der Waals surface area contributed by atoms with Crippen molar-refractivity contribution in [3.63, 3.8) is 0 Å². The van der Waals surface area contributed by atoms with Crippen LogP contribution in [0.4, 0.5) is 0 Å². The van der Waals surface area contributed by atoms with Gasteiger partial charge in [-0.1, -0.05) is 30.3 Å². The van der Waals surface area contributed by atoms with Gasteiger partial charge in [0.15, 0.2) is 0 Å². The number of aryl methyl sites for hydroxylation is 1. The molecule has 1 aliphatic rings. The third kappa shape index (κ3) is 5.22. The van der Waals surface area contributed by atoms with Crippen molar-refractivity contribution in [2.24, 2.45) is 13.0 Å². The Morgan fingerprint density at radius 3 is 2.47 bits per heavy atom. The topological polar surface area (TPSA) is 85.7 Å². The van der Waals surface area contributed by atoms with Gasteiger partial charge in [0.1, 0.15) is 23.4 Å². The number of rotatable bonds is 9. The molecule has 4 rings (SSSR count). The number of benzene rings is 2. The van der Waals surface area contributed by atoms with Gasteiger partial charge >= 0.3 is 0 Å². The summed E-state index contributed by atoms with van der Waals surface area (Å²) in [6.07, 6.45) is 4.49. The predicted molar refractivity (Wildman–Crippen MR) is 128 cm³/mol. The molecule has 0 saturated carbocycles. The number of nitrogens with one attached hydrogen (secondary N) is 1. The van der Waals surface area contributed by atoms with Crippen LogP contribution in [0.1, 0.15) is 29.4 Å². The van der Waals surface area contributed by atoms with Gasteiger partial charge in [0.2, 0.25) is 11.8 Å². The van der Waals surface area contributed by atoms with Gasteiger partial charge in [-0.05, 0) is 29.7 Å². The molecule has 0 spiro atoms. The minimum Gasteiger partial charge on any atom is -0.497 e. The summed E-state index contributed by atoms with van der Waals surface area (Å²) in [6, 6.07) is 15.0. The van der Waals surface area contributed by atoms with E-state index in [0.717, 1.165) is 12.0 Å². The van der Waals surface area contributed by atoms with Gasteiger partial charge in [-0.25, -0.2) is 4.98 Å². The number of hydrogen-bond acceptors (Lipinski definition) is 5. The van der Waals surface area contributed by atoms with Crippen molar-refractivity contribution in [3.05, 3.63) is 77.9 Å². The van der Waals surface area contributed by atoms with Crippen LogP contribution in [0.25, 0.3) is 0 Å². The first kappa shape index (κ1) is 23.4. The number of ether oxygens (including phenoxy) is 2. The largest absolute Gasteiger partial charge is 0.497 e. The molecule has 2 amide bonds. The van der Waals surface area contributed by atoms with Crippen LogP contribution in [0.2, 0.25) is 0 Å². The van der Waals surface area contributed by atoms with E-state index in [0.29, 0.717) is 30.4 Å². The van der Waals surface area contributed by atoms with Gasteiger partial charge < -0.3 is 24.3 Å². The maximum atomic E-state index is 13.3. The lowest BCUT2D eigenvalue weighted by Gasteiger charge is -2.22. The molecule has 2 unspecified atom stereocenters. The molecule has 3 aromatic rings. The first-order valence-electron chi connectivity index (χ1n) is 11.3. The van der Waals surface area contributed by atoms with E-state index in [1.54, 1.807) is 31.4 Å². The quantitative estimate of drug-likeness (QED) is 0.529. The smallest absolute Gasteiger partial charge is 0.226 e. The summed E-state index contributed by atoms with van der Waals surface area (Å²) in [6.45, 7) is 1.01. The number of aromatic nitrogens is 2. The summed E-state index contributed by atoms with van der Waals surface area (Å²) in [5.41, 5.74) is 1.95. The monoisotopic (exact) mass is 462 g/mol. The van der Waals surface area contributed by atoms with E-state index < -0.39 is 12.0 Å². The molecule has 1 fully saturated rings. The average molecular weight is 463 g/mol. The van der Waals surface area contributed by atoms with Crippen LogP contribution in [0.15, 0.2) is 60.9 Å². The minimum absolute atomic E-state index is 0.00710. The lowest BCUT2D eigenvalue weighted by molar-refractivity contribution is -0.129. The van der Waals surface area contributed by atoms with Gasteiger partial charge in [0.25, 0.3) is 0 Å². The molecule has 0 radical (unpaired) electrons. The second-order valence-electron chi connectivity index (χ2n) is 8.46. The number of hydrogen-bond donors (Lipinski definition) is 1. The van der Waals surface area contributed by atoms with Crippen molar-refractivity contribution in [1.29, 1.82) is 0 Å². The van der Waals surface area contributed by atoms with Crippen LogP contribution in [0, 0.1) is 5.92 Å². The predicted octanol–water partition coefficient (Wildman–Crippen LogP) is 2.73. The van der Waals surface area contributed by atoms with Gasteiger partial charge in [-0.2, -0.15) is 0 Å². The Morgan fingerprint density at radius 2 is 1.85 bits per heavy atom. The molecule has 0 bridgehead atoms. The molecular formula is C26H30N4O4. The number of nitrogens with zero attached hydrogens (tertiary/aromatic N) is 3. The molecule has 8 nitrogen and oxygen atoms in total. The minimum atomic E-state index is -0.523. The Kier molecular flexibility index (Phi) is 7.15. The molecule has 1 saturated heterocycles. The SMILES string of the molecule is COc1cc(OC)cc(C(NC(=O)C2CC(=O)N(CCc3ccccc3)C2)c2nccn2C)c1. The lowest BCUT2D eigenvalue weighted by Crippen LogP contribution is -2.37. The number of carbonyl (C=O) groups excluding carboxylic acids is 2. The fraction of sp³-hybridized carbons (Fsp3) is 0.346. The summed E-state index contributed by atoms with van der Waals surface area (Å²) in [4.78, 5) is 32.2. The standard InChI is InChI=1S/C26H30N4O4/c1-29-12-10-27-25(29)24(19-13-21(33-2)16-22(14-19)34-3)28-26(32)20-15-23(31)30(17-20)11-9-18-7-5-4-6-8-18/h4-8,10,12-14,16,20,24H,9,11,15,17H2,1-3H3,(H,28,32). The summed E-state index contributed by atoms with van der Waals surface area (Å²) < 4.78 is 12.7. The van der Waals surface area contributed by atoms with E-state index in [1.165, 1.54) is 5.56 Å². The van der Waals surface area contributed by atoms with E-state index in [4.69, 9.17) is 9.47 Å². The summed E-state index contributed by atoms with van der Waals surface area (Å²) >= 11 is 0. The highest BCUT2D eigenvalue weighted by atomic mass is 16.5. The first-order chi connectivity index (χ1) is 16.5. The molecule has 2 heterocycles. The molecule has 0 aliphatic carbocycles. The van der Waals surface area contributed by atoms with Crippen LogP contribution in [-0.4, -0.2) is 53.6 Å². The lowest BCUT2D eigenvalue weighted by atomic mass is 10.0. The fourth-order valence-corrected chi connectivity index (χ4v) is 4.28. The number of amides is 2. The maximum Gasteiger partial charge on any atom is 0.226 e. The molecule has 1 aromatic heterocycles. The molecular weight excluding hydrogens is 432 g/mol. The summed E-state index contributed by atoms with van der Waals surface area (Å²) in [5, 5.41) is 3.12. The first-order valence-corrected chi connectivity index (χ1v) is 11.3. The second kappa shape index (κ2) is 10.4. The van der Waals surface area contributed by atoms with Gasteiger partial charge in [0, 0.05) is 45.0 Å². The Hall–Kier alpha value is -3.81. The van der Waals surface area contributed by atoms with Crippen molar-refractivity contribution in [1.82, 2.24) is 19.8 Å². The maximum absolute atomic E-state index is 13.3. The van der Waals surface area contributed by atoms with Crippen LogP contribution in [0.3, 0.4) is 0 Å². The van der Waals surface area contributed by atoms with E-state index in [-0.39, 0.29) is 18.2 Å².